The van der Waals surface area contributed by atoms with Gasteiger partial charge in [0.2, 0.25) is 0 Å². The first-order chi connectivity index (χ1) is 6.33. The summed E-state index contributed by atoms with van der Waals surface area (Å²) in [5, 5.41) is 1.78. The van der Waals surface area contributed by atoms with E-state index in [-0.39, 0.29) is 0 Å². The predicted molar refractivity (Wildman–Crippen MR) is 59.5 cm³/mol. The minimum absolute atomic E-state index is 0.571. The normalized spacial score (nSPS) is 23.5. The van der Waals surface area contributed by atoms with Crippen molar-refractivity contribution in [1.82, 2.24) is 0 Å². The summed E-state index contributed by atoms with van der Waals surface area (Å²) >= 11 is 1.87. The molecule has 0 fully saturated rings. The summed E-state index contributed by atoms with van der Waals surface area (Å²) < 4.78 is 0. The molecule has 1 aromatic rings. The maximum absolute atomic E-state index is 4.50. The van der Waals surface area contributed by atoms with Gasteiger partial charge in [-0.2, -0.15) is 0 Å². The van der Waals surface area contributed by atoms with Gasteiger partial charge in [-0.25, -0.2) is 0 Å². The lowest BCUT2D eigenvalue weighted by Crippen LogP contribution is -1.90. The molecule has 2 rings (SSSR count). The molecule has 0 amide bonds. The summed E-state index contributed by atoms with van der Waals surface area (Å²) in [7, 11) is 0. The van der Waals surface area contributed by atoms with Crippen molar-refractivity contribution in [3.05, 3.63) is 35.4 Å². The number of fused-ring (bicyclic) bond motifs is 1. The van der Waals surface area contributed by atoms with E-state index < -0.39 is 0 Å². The molecule has 1 nitrogen and oxygen atoms in total. The maximum Gasteiger partial charge on any atom is 0.0985 e. The van der Waals surface area contributed by atoms with E-state index in [4.69, 9.17) is 0 Å². The molecular formula is C11H13NS. The molecule has 0 aromatic heterocycles. The first-order valence-electron chi connectivity index (χ1n) is 4.63. The smallest absolute Gasteiger partial charge is 0.0985 e. The lowest BCUT2D eigenvalue weighted by atomic mass is 10.1. The Morgan fingerprint density at radius 3 is 2.92 bits per heavy atom. The monoisotopic (exact) mass is 191 g/mol. The van der Waals surface area contributed by atoms with Crippen LogP contribution in [0.2, 0.25) is 0 Å². The Hall–Kier alpha value is -0.760. The van der Waals surface area contributed by atoms with Gasteiger partial charge in [-0.1, -0.05) is 36.0 Å². The number of nitrogens with zero attached hydrogens (tertiary/aromatic N) is 1. The van der Waals surface area contributed by atoms with Gasteiger partial charge in [0.1, 0.15) is 0 Å². The molecular weight excluding hydrogens is 178 g/mol. The molecule has 0 N–H and O–H groups in total. The van der Waals surface area contributed by atoms with Crippen LogP contribution in [0, 0.1) is 0 Å². The summed E-state index contributed by atoms with van der Waals surface area (Å²) in [5.41, 5.74) is 2.77. The van der Waals surface area contributed by atoms with Crippen LogP contribution in [-0.2, 0) is 0 Å². The minimum atomic E-state index is 0.571. The highest BCUT2D eigenvalue weighted by molar-refractivity contribution is 8.15. The van der Waals surface area contributed by atoms with E-state index in [1.165, 1.54) is 16.2 Å². The van der Waals surface area contributed by atoms with Crippen LogP contribution in [0.4, 0.5) is 0 Å². The Bertz CT molecular complexity index is 344. The van der Waals surface area contributed by atoms with E-state index in [9.17, 15) is 0 Å². The predicted octanol–water partition coefficient (Wildman–Crippen LogP) is 3.26. The first-order valence-corrected chi connectivity index (χ1v) is 5.51. The van der Waals surface area contributed by atoms with Crippen LogP contribution in [0.3, 0.4) is 0 Å². The second kappa shape index (κ2) is 3.54. The van der Waals surface area contributed by atoms with E-state index in [1.54, 1.807) is 0 Å². The molecule has 13 heavy (non-hydrogen) atoms. The highest BCUT2D eigenvalue weighted by atomic mass is 32.2. The first kappa shape index (κ1) is 8.82. The van der Waals surface area contributed by atoms with E-state index >= 15 is 0 Å². The van der Waals surface area contributed by atoms with Crippen molar-refractivity contribution < 1.29 is 0 Å². The molecule has 0 spiro atoms. The van der Waals surface area contributed by atoms with Crippen LogP contribution in [-0.4, -0.2) is 11.6 Å². The van der Waals surface area contributed by atoms with Gasteiger partial charge in [0.25, 0.3) is 0 Å². The molecule has 1 heterocycles. The maximum atomic E-state index is 4.50. The number of thioether (sulfide) groups is 1. The SMILES string of the molecule is CCN=C1SC(C)c2ccccc21. The Kier molecular flexibility index (Phi) is 2.40. The standard InChI is InChI=1S/C11H13NS/c1-3-12-11-10-7-5-4-6-9(10)8(2)13-11/h4-8H,3H2,1-2H3. The fourth-order valence-electron chi connectivity index (χ4n) is 1.61. The molecule has 1 aliphatic heterocycles. The molecule has 1 atom stereocenters. The lowest BCUT2D eigenvalue weighted by Gasteiger charge is -1.99. The van der Waals surface area contributed by atoms with Gasteiger partial charge in [-0.05, 0) is 19.4 Å². The fourth-order valence-corrected chi connectivity index (χ4v) is 2.79. The molecule has 1 aliphatic rings. The molecule has 1 aromatic carbocycles. The van der Waals surface area contributed by atoms with E-state index in [1.807, 2.05) is 11.8 Å². The quantitative estimate of drug-likeness (QED) is 0.663. The molecule has 0 saturated carbocycles. The van der Waals surface area contributed by atoms with Crippen LogP contribution < -0.4 is 0 Å². The van der Waals surface area contributed by atoms with Gasteiger partial charge in [0.05, 0.1) is 5.04 Å². The Morgan fingerprint density at radius 2 is 2.15 bits per heavy atom. The Balaban J connectivity index is 2.47. The van der Waals surface area contributed by atoms with Crippen LogP contribution in [0.5, 0.6) is 0 Å². The van der Waals surface area contributed by atoms with Crippen molar-refractivity contribution in [3.8, 4) is 0 Å². The third-order valence-corrected chi connectivity index (χ3v) is 3.40. The van der Waals surface area contributed by atoms with Crippen LogP contribution in [0.25, 0.3) is 0 Å². The molecule has 2 heteroatoms. The zero-order valence-corrected chi connectivity index (χ0v) is 8.77. The summed E-state index contributed by atoms with van der Waals surface area (Å²) in [6.07, 6.45) is 0. The van der Waals surface area contributed by atoms with Gasteiger partial charge in [0.15, 0.2) is 0 Å². The summed E-state index contributed by atoms with van der Waals surface area (Å²) in [6, 6.07) is 8.55. The minimum Gasteiger partial charge on any atom is -0.278 e. The number of hydrogen-bond acceptors (Lipinski definition) is 2. The number of aliphatic imine (C=N–C) groups is 1. The third kappa shape index (κ3) is 1.51. The summed E-state index contributed by atoms with van der Waals surface area (Å²) in [5.74, 6) is 0. The average molecular weight is 191 g/mol. The Labute approximate surface area is 83.3 Å². The second-order valence-corrected chi connectivity index (χ2v) is 4.46. The Morgan fingerprint density at radius 1 is 1.38 bits per heavy atom. The highest BCUT2D eigenvalue weighted by Gasteiger charge is 2.23. The molecule has 0 aliphatic carbocycles. The molecule has 68 valence electrons. The van der Waals surface area contributed by atoms with Crippen molar-refractivity contribution in [3.63, 3.8) is 0 Å². The van der Waals surface area contributed by atoms with Gasteiger partial charge >= 0.3 is 0 Å². The van der Waals surface area contributed by atoms with Gasteiger partial charge in [-0.3, -0.25) is 4.99 Å². The highest BCUT2D eigenvalue weighted by Crippen LogP contribution is 2.41. The van der Waals surface area contributed by atoms with Crippen molar-refractivity contribution in [2.75, 3.05) is 6.54 Å². The van der Waals surface area contributed by atoms with Crippen LogP contribution in [0.1, 0.15) is 30.2 Å². The largest absolute Gasteiger partial charge is 0.278 e. The van der Waals surface area contributed by atoms with Gasteiger partial charge in [0, 0.05) is 17.4 Å². The fraction of sp³-hybridized carbons (Fsp3) is 0.364. The van der Waals surface area contributed by atoms with Gasteiger partial charge in [-0.15, -0.1) is 0 Å². The molecule has 0 bridgehead atoms. The number of rotatable bonds is 1. The van der Waals surface area contributed by atoms with Crippen LogP contribution in [0.15, 0.2) is 29.3 Å². The summed E-state index contributed by atoms with van der Waals surface area (Å²) in [4.78, 5) is 4.50. The number of hydrogen-bond donors (Lipinski definition) is 0. The van der Waals surface area contributed by atoms with Crippen molar-refractivity contribution >= 4 is 16.8 Å². The van der Waals surface area contributed by atoms with E-state index in [0.717, 1.165) is 6.54 Å². The zero-order chi connectivity index (χ0) is 9.26. The van der Waals surface area contributed by atoms with Crippen molar-refractivity contribution in [2.24, 2.45) is 4.99 Å². The van der Waals surface area contributed by atoms with Crippen LogP contribution >= 0.6 is 11.8 Å². The topological polar surface area (TPSA) is 12.4 Å². The van der Waals surface area contributed by atoms with Crippen molar-refractivity contribution in [1.29, 1.82) is 0 Å². The van der Waals surface area contributed by atoms with E-state index in [0.29, 0.717) is 5.25 Å². The molecule has 0 saturated heterocycles. The molecule has 0 radical (unpaired) electrons. The van der Waals surface area contributed by atoms with Crippen molar-refractivity contribution in [2.45, 2.75) is 19.1 Å². The number of benzene rings is 1. The van der Waals surface area contributed by atoms with Gasteiger partial charge < -0.3 is 0 Å². The van der Waals surface area contributed by atoms with E-state index in [2.05, 4.69) is 43.1 Å². The zero-order valence-electron chi connectivity index (χ0n) is 7.95. The average Bonchev–Trinajstić information content (AvgIpc) is 2.46. The summed E-state index contributed by atoms with van der Waals surface area (Å²) in [6.45, 7) is 5.20. The third-order valence-electron chi connectivity index (χ3n) is 2.22. The molecule has 1 unspecified atom stereocenters. The second-order valence-electron chi connectivity index (χ2n) is 3.13. The lowest BCUT2D eigenvalue weighted by molar-refractivity contribution is 1.11.